The molecule has 0 unspecified atom stereocenters. The predicted octanol–water partition coefficient (Wildman–Crippen LogP) is 4.34. The minimum absolute atomic E-state index is 0.725. The van der Waals surface area contributed by atoms with Gasteiger partial charge >= 0.3 is 0 Å². The Kier molecular flexibility index (Phi) is 5.08. The average Bonchev–Trinajstić information content (AvgIpc) is 3.08. The molecule has 0 radical (unpaired) electrons. The maximum atomic E-state index is 4.87. The molecule has 0 aliphatic carbocycles. The Hall–Kier alpha value is -3.18. The lowest BCUT2D eigenvalue weighted by molar-refractivity contribution is 0.816. The van der Waals surface area contributed by atoms with Crippen LogP contribution in [-0.4, -0.2) is 21.6 Å². The fourth-order valence-corrected chi connectivity index (χ4v) is 3.44. The highest BCUT2D eigenvalue weighted by molar-refractivity contribution is 5.70. The van der Waals surface area contributed by atoms with Gasteiger partial charge in [0.15, 0.2) is 5.65 Å². The van der Waals surface area contributed by atoms with Crippen LogP contribution in [0.1, 0.15) is 22.3 Å². The third-order valence-electron chi connectivity index (χ3n) is 4.92. The van der Waals surface area contributed by atoms with Crippen molar-refractivity contribution in [1.82, 2.24) is 19.9 Å². The summed E-state index contributed by atoms with van der Waals surface area (Å²) in [7, 11) is 1.96. The van der Waals surface area contributed by atoms with E-state index in [1.54, 1.807) is 0 Å². The number of rotatable bonds is 6. The first kappa shape index (κ1) is 18.2. The van der Waals surface area contributed by atoms with Gasteiger partial charge in [0, 0.05) is 30.3 Å². The van der Waals surface area contributed by atoms with Crippen LogP contribution in [0.5, 0.6) is 0 Å². The summed E-state index contributed by atoms with van der Waals surface area (Å²) < 4.78 is 1.88. The number of anilines is 1. The predicted molar refractivity (Wildman–Crippen MR) is 114 cm³/mol. The van der Waals surface area contributed by atoms with Gasteiger partial charge in [-0.25, -0.2) is 4.98 Å². The molecule has 0 aliphatic heterocycles. The summed E-state index contributed by atoms with van der Waals surface area (Å²) in [6.07, 6.45) is 1.86. The van der Waals surface area contributed by atoms with Crippen molar-refractivity contribution in [2.75, 3.05) is 12.4 Å². The summed E-state index contributed by atoms with van der Waals surface area (Å²) in [4.78, 5) is 4.87. The second kappa shape index (κ2) is 7.82. The number of hydrogen-bond acceptors (Lipinski definition) is 4. The number of nitrogens with zero attached hydrogens (tertiary/aromatic N) is 3. The van der Waals surface area contributed by atoms with Gasteiger partial charge < -0.3 is 10.6 Å². The molecule has 4 rings (SSSR count). The van der Waals surface area contributed by atoms with Crippen molar-refractivity contribution in [2.24, 2.45) is 0 Å². The topological polar surface area (TPSA) is 54.2 Å². The molecule has 5 heteroatoms. The van der Waals surface area contributed by atoms with E-state index in [-0.39, 0.29) is 0 Å². The molecule has 0 saturated heterocycles. The summed E-state index contributed by atoms with van der Waals surface area (Å²) in [5, 5.41) is 11.3. The zero-order chi connectivity index (χ0) is 19.5. The number of hydrogen-bond donors (Lipinski definition) is 2. The summed E-state index contributed by atoms with van der Waals surface area (Å²) >= 11 is 0. The third-order valence-corrected chi connectivity index (χ3v) is 4.92. The largest absolute Gasteiger partial charge is 0.366 e. The van der Waals surface area contributed by atoms with Gasteiger partial charge in [-0.2, -0.15) is 9.61 Å². The number of benzene rings is 2. The Morgan fingerprint density at radius 1 is 0.893 bits per heavy atom. The smallest absolute Gasteiger partial charge is 0.160 e. The number of nitrogens with one attached hydrogen (secondary N) is 2. The monoisotopic (exact) mass is 371 g/mol. The molecular formula is C23H25N5. The second-order valence-electron chi connectivity index (χ2n) is 7.11. The van der Waals surface area contributed by atoms with Gasteiger partial charge in [-0.15, -0.1) is 0 Å². The van der Waals surface area contributed by atoms with E-state index < -0.39 is 0 Å². The maximum absolute atomic E-state index is 4.87. The lowest BCUT2D eigenvalue weighted by atomic mass is 10.1. The Morgan fingerprint density at radius 3 is 2.46 bits per heavy atom. The first-order chi connectivity index (χ1) is 13.7. The highest BCUT2D eigenvalue weighted by Crippen LogP contribution is 2.26. The summed E-state index contributed by atoms with van der Waals surface area (Å²) in [5.74, 6) is 0.940. The van der Waals surface area contributed by atoms with Crippen LogP contribution in [-0.2, 0) is 13.1 Å². The van der Waals surface area contributed by atoms with Gasteiger partial charge in [0.1, 0.15) is 5.82 Å². The van der Waals surface area contributed by atoms with Crippen molar-refractivity contribution < 1.29 is 0 Å². The average molecular weight is 371 g/mol. The fraction of sp³-hybridized carbons (Fsp3) is 0.217. The molecule has 0 atom stereocenters. The Bertz CT molecular complexity index is 1110. The molecule has 0 amide bonds. The lowest BCUT2D eigenvalue weighted by Gasteiger charge is -2.13. The van der Waals surface area contributed by atoms with Crippen LogP contribution < -0.4 is 10.6 Å². The molecule has 0 saturated carbocycles. The molecule has 142 valence electrons. The van der Waals surface area contributed by atoms with E-state index in [1.165, 1.54) is 16.7 Å². The minimum Gasteiger partial charge on any atom is -0.366 e. The highest BCUT2D eigenvalue weighted by atomic mass is 15.3. The van der Waals surface area contributed by atoms with Gasteiger partial charge in [0.25, 0.3) is 0 Å². The van der Waals surface area contributed by atoms with Gasteiger partial charge in [0.2, 0.25) is 0 Å². The van der Waals surface area contributed by atoms with Gasteiger partial charge in [-0.3, -0.25) is 0 Å². The Morgan fingerprint density at radius 2 is 1.68 bits per heavy atom. The Labute approximate surface area is 165 Å². The summed E-state index contributed by atoms with van der Waals surface area (Å²) in [5.41, 5.74) is 7.77. The highest BCUT2D eigenvalue weighted by Gasteiger charge is 2.12. The summed E-state index contributed by atoms with van der Waals surface area (Å²) in [6, 6.07) is 19.0. The number of aromatic nitrogens is 3. The normalized spacial score (nSPS) is 11.1. The van der Waals surface area contributed by atoms with Crippen molar-refractivity contribution in [1.29, 1.82) is 0 Å². The lowest BCUT2D eigenvalue weighted by Crippen LogP contribution is -2.08. The van der Waals surface area contributed by atoms with Crippen LogP contribution in [0.25, 0.3) is 16.9 Å². The third kappa shape index (κ3) is 3.62. The molecule has 2 aromatic heterocycles. The molecule has 5 nitrogen and oxygen atoms in total. The van der Waals surface area contributed by atoms with E-state index in [0.29, 0.717) is 0 Å². The fourth-order valence-electron chi connectivity index (χ4n) is 3.44. The molecule has 0 spiro atoms. The summed E-state index contributed by atoms with van der Waals surface area (Å²) in [6.45, 7) is 5.75. The molecule has 2 heterocycles. The van der Waals surface area contributed by atoms with Crippen molar-refractivity contribution >= 4 is 11.5 Å². The van der Waals surface area contributed by atoms with E-state index >= 15 is 0 Å². The molecule has 0 bridgehead atoms. The van der Waals surface area contributed by atoms with Crippen LogP contribution >= 0.6 is 0 Å². The van der Waals surface area contributed by atoms with Crippen molar-refractivity contribution in [3.05, 3.63) is 83.0 Å². The zero-order valence-electron chi connectivity index (χ0n) is 16.5. The van der Waals surface area contributed by atoms with Crippen molar-refractivity contribution in [2.45, 2.75) is 26.9 Å². The second-order valence-corrected chi connectivity index (χ2v) is 7.11. The van der Waals surface area contributed by atoms with Gasteiger partial charge in [-0.1, -0.05) is 48.5 Å². The zero-order valence-corrected chi connectivity index (χ0v) is 16.5. The van der Waals surface area contributed by atoms with Crippen molar-refractivity contribution in [3.63, 3.8) is 0 Å². The van der Waals surface area contributed by atoms with Crippen LogP contribution in [0.4, 0.5) is 5.82 Å². The van der Waals surface area contributed by atoms with Gasteiger partial charge in [-0.05, 0) is 37.6 Å². The van der Waals surface area contributed by atoms with Crippen LogP contribution in [0.3, 0.4) is 0 Å². The first-order valence-electron chi connectivity index (χ1n) is 9.53. The quantitative estimate of drug-likeness (QED) is 0.529. The van der Waals surface area contributed by atoms with Crippen molar-refractivity contribution in [3.8, 4) is 11.3 Å². The van der Waals surface area contributed by atoms with E-state index in [9.17, 15) is 0 Å². The molecule has 0 aliphatic rings. The molecular weight excluding hydrogens is 346 g/mol. The number of aryl methyl sites for hydroxylation is 2. The van der Waals surface area contributed by atoms with E-state index in [2.05, 4.69) is 77.3 Å². The van der Waals surface area contributed by atoms with Crippen LogP contribution in [0.15, 0.2) is 60.8 Å². The molecule has 28 heavy (non-hydrogen) atoms. The minimum atomic E-state index is 0.725. The molecule has 4 aromatic rings. The van der Waals surface area contributed by atoms with E-state index in [4.69, 9.17) is 4.98 Å². The first-order valence-corrected chi connectivity index (χ1v) is 9.53. The maximum Gasteiger partial charge on any atom is 0.160 e. The number of fused-ring (bicyclic) bond motifs is 1. The van der Waals surface area contributed by atoms with E-state index in [0.717, 1.165) is 41.4 Å². The molecule has 2 aromatic carbocycles. The standard InChI is InChI=1S/C23H25N5/c1-16-7-4-5-10-20(16)21-12-22(28-23(27-21)17(2)13-26-28)25-15-19-9-6-8-18(11-19)14-24-3/h4-13,24-25H,14-15H2,1-3H3. The van der Waals surface area contributed by atoms with Crippen LogP contribution in [0, 0.1) is 13.8 Å². The van der Waals surface area contributed by atoms with Crippen LogP contribution in [0.2, 0.25) is 0 Å². The van der Waals surface area contributed by atoms with Gasteiger partial charge in [0.05, 0.1) is 11.9 Å². The van der Waals surface area contributed by atoms with E-state index in [1.807, 2.05) is 24.7 Å². The SMILES string of the molecule is CNCc1cccc(CNc2cc(-c3ccccc3C)nc3c(C)cnn23)c1. The molecule has 2 N–H and O–H groups in total. The Balaban J connectivity index is 1.70. The molecule has 0 fully saturated rings.